The van der Waals surface area contributed by atoms with Crippen LogP contribution >= 0.6 is 0 Å². The van der Waals surface area contributed by atoms with E-state index < -0.39 is 4.92 Å². The first kappa shape index (κ1) is 7.40. The Balaban J connectivity index is 2.70. The maximum Gasteiger partial charge on any atom is 0.342 e. The van der Waals surface area contributed by atoms with Crippen molar-refractivity contribution in [3.63, 3.8) is 0 Å². The van der Waals surface area contributed by atoms with Crippen molar-refractivity contribution in [2.45, 2.75) is 0 Å². The number of nitro groups is 1. The molecule has 0 saturated carbocycles. The van der Waals surface area contributed by atoms with Crippen molar-refractivity contribution in [2.24, 2.45) is 0 Å². The zero-order valence-electron chi connectivity index (χ0n) is 6.08. The molecule has 8 nitrogen and oxygen atoms in total. The van der Waals surface area contributed by atoms with Gasteiger partial charge in [0.2, 0.25) is 5.52 Å². The average Bonchev–Trinajstić information content (AvgIpc) is 2.47. The Labute approximate surface area is 70.1 Å². The number of hydrogen-bond donors (Lipinski definition) is 0. The van der Waals surface area contributed by atoms with Crippen molar-refractivity contribution in [1.29, 1.82) is 0 Å². The fraction of sp³-hybridized carbons (Fsp3) is 0. The normalized spacial score (nSPS) is 10.5. The Morgan fingerprint density at radius 1 is 1.62 bits per heavy atom. The van der Waals surface area contributed by atoms with E-state index in [0.29, 0.717) is 0 Å². The first-order valence-corrected chi connectivity index (χ1v) is 3.18. The molecular formula is C5H2N4O4. The molecule has 2 rings (SSSR count). The molecule has 2 aromatic heterocycles. The second-order valence-electron chi connectivity index (χ2n) is 2.22. The molecule has 0 aliphatic rings. The highest BCUT2D eigenvalue weighted by molar-refractivity contribution is 5.68. The van der Waals surface area contributed by atoms with Crippen LogP contribution in [0.1, 0.15) is 0 Å². The Morgan fingerprint density at radius 2 is 2.38 bits per heavy atom. The lowest BCUT2D eigenvalue weighted by molar-refractivity contribution is -0.783. The molecule has 0 atom stereocenters. The zero-order chi connectivity index (χ0) is 9.42. The van der Waals surface area contributed by atoms with Gasteiger partial charge in [0.05, 0.1) is 11.0 Å². The third-order valence-corrected chi connectivity index (χ3v) is 1.43. The molecule has 2 heterocycles. The molecule has 0 bridgehead atoms. The summed E-state index contributed by atoms with van der Waals surface area (Å²) in [6.07, 6.45) is 0.966. The van der Waals surface area contributed by atoms with Gasteiger partial charge in [-0.3, -0.25) is 10.1 Å². The van der Waals surface area contributed by atoms with Gasteiger partial charge in [0.15, 0.2) is 6.20 Å². The largest absolute Gasteiger partial charge is 0.391 e. The monoisotopic (exact) mass is 182 g/mol. The van der Waals surface area contributed by atoms with Gasteiger partial charge >= 0.3 is 11.3 Å². The van der Waals surface area contributed by atoms with Gasteiger partial charge < -0.3 is 9.84 Å². The minimum atomic E-state index is -0.629. The van der Waals surface area contributed by atoms with Gasteiger partial charge in [-0.1, -0.05) is 9.89 Å². The molecule has 2 aromatic rings. The van der Waals surface area contributed by atoms with E-state index in [2.05, 4.69) is 14.8 Å². The topological polar surface area (TPSA) is 109 Å². The number of pyridine rings is 1. The summed E-state index contributed by atoms with van der Waals surface area (Å²) in [6.45, 7) is 0. The van der Waals surface area contributed by atoms with Crippen LogP contribution in [0.4, 0.5) is 5.69 Å². The Morgan fingerprint density at radius 3 is 3.08 bits per heavy atom. The van der Waals surface area contributed by atoms with Crippen LogP contribution in [0, 0.1) is 15.3 Å². The summed E-state index contributed by atoms with van der Waals surface area (Å²) in [4.78, 5) is 13.2. The lowest BCUT2D eigenvalue weighted by Crippen LogP contribution is -2.23. The summed E-state index contributed by atoms with van der Waals surface area (Å²) in [5.74, 6) is 0. The Kier molecular flexibility index (Phi) is 1.35. The fourth-order valence-corrected chi connectivity index (χ4v) is 0.863. The minimum absolute atomic E-state index is 0.0594. The molecule has 0 aliphatic heterocycles. The maximum absolute atomic E-state index is 10.7. The summed E-state index contributed by atoms with van der Waals surface area (Å²) < 4.78 is 4.18. The highest BCUT2D eigenvalue weighted by atomic mass is 16.8. The van der Waals surface area contributed by atoms with Gasteiger partial charge in [-0.25, -0.2) is 0 Å². The molecule has 0 N–H and O–H groups in total. The summed E-state index contributed by atoms with van der Waals surface area (Å²) >= 11 is 0. The highest BCUT2D eigenvalue weighted by Gasteiger charge is 2.16. The van der Waals surface area contributed by atoms with Crippen molar-refractivity contribution in [2.75, 3.05) is 0 Å². The second kappa shape index (κ2) is 2.37. The lowest BCUT2D eigenvalue weighted by atomic mass is 10.4. The first-order valence-electron chi connectivity index (χ1n) is 3.18. The van der Waals surface area contributed by atoms with E-state index in [9.17, 15) is 15.3 Å². The molecule has 0 saturated heterocycles. The molecule has 0 radical (unpaired) electrons. The SMILES string of the molecule is O=[N+]([O-])c1cnc2c(c1)no[n+]2[O-]. The van der Waals surface area contributed by atoms with Crippen molar-refractivity contribution < 1.29 is 14.5 Å². The number of nitrogens with zero attached hydrogens (tertiary/aromatic N) is 4. The van der Waals surface area contributed by atoms with Gasteiger partial charge in [0.25, 0.3) is 0 Å². The van der Waals surface area contributed by atoms with E-state index in [-0.39, 0.29) is 21.8 Å². The van der Waals surface area contributed by atoms with E-state index in [1.54, 1.807) is 0 Å². The summed E-state index contributed by atoms with van der Waals surface area (Å²) in [5, 5.41) is 24.3. The van der Waals surface area contributed by atoms with Crippen LogP contribution in [0.3, 0.4) is 0 Å². The number of rotatable bonds is 1. The molecule has 0 spiro atoms. The van der Waals surface area contributed by atoms with E-state index in [1.165, 1.54) is 0 Å². The molecule has 0 fully saturated rings. The van der Waals surface area contributed by atoms with E-state index in [1.807, 2.05) is 0 Å². The Hall–Kier alpha value is -2.25. The van der Waals surface area contributed by atoms with Crippen LogP contribution in [0.15, 0.2) is 16.9 Å². The molecular weight excluding hydrogens is 180 g/mol. The minimum Gasteiger partial charge on any atom is -0.391 e. The van der Waals surface area contributed by atoms with E-state index >= 15 is 0 Å². The van der Waals surface area contributed by atoms with Gasteiger partial charge in [-0.05, 0) is 5.16 Å². The molecule has 0 unspecified atom stereocenters. The van der Waals surface area contributed by atoms with E-state index in [4.69, 9.17) is 0 Å². The number of hydrogen-bond acceptors (Lipinski definition) is 6. The maximum atomic E-state index is 10.7. The molecule has 0 amide bonds. The van der Waals surface area contributed by atoms with Crippen LogP contribution < -0.4 is 4.90 Å². The third-order valence-electron chi connectivity index (χ3n) is 1.43. The van der Waals surface area contributed by atoms with Crippen molar-refractivity contribution in [1.82, 2.24) is 10.1 Å². The van der Waals surface area contributed by atoms with Crippen LogP contribution in [0.5, 0.6) is 0 Å². The zero-order valence-corrected chi connectivity index (χ0v) is 6.08. The fourth-order valence-electron chi connectivity index (χ4n) is 0.863. The second-order valence-corrected chi connectivity index (χ2v) is 2.22. The third kappa shape index (κ3) is 1.04. The smallest absolute Gasteiger partial charge is 0.342 e. The summed E-state index contributed by atoms with van der Waals surface area (Å²) in [5.41, 5.74) is -0.254. The van der Waals surface area contributed by atoms with Gasteiger partial charge in [-0.15, -0.1) is 0 Å². The van der Waals surface area contributed by atoms with Crippen LogP contribution in [-0.2, 0) is 0 Å². The first-order chi connectivity index (χ1) is 6.18. The molecule has 66 valence electrons. The lowest BCUT2D eigenvalue weighted by Gasteiger charge is -1.85. The van der Waals surface area contributed by atoms with Crippen molar-refractivity contribution >= 4 is 16.9 Å². The van der Waals surface area contributed by atoms with Gasteiger partial charge in [0.1, 0.15) is 0 Å². The van der Waals surface area contributed by atoms with Crippen molar-refractivity contribution in [3.8, 4) is 0 Å². The van der Waals surface area contributed by atoms with Crippen LogP contribution in [0.25, 0.3) is 11.2 Å². The van der Waals surface area contributed by atoms with Crippen LogP contribution in [-0.4, -0.2) is 15.1 Å². The van der Waals surface area contributed by atoms with Gasteiger partial charge in [-0.2, -0.15) is 0 Å². The number of fused-ring (bicyclic) bond motifs is 1. The predicted molar refractivity (Wildman–Crippen MR) is 37.4 cm³/mol. The summed E-state index contributed by atoms with van der Waals surface area (Å²) in [6, 6.07) is 1.11. The molecule has 13 heavy (non-hydrogen) atoms. The predicted octanol–water partition coefficient (Wildman–Crippen LogP) is -0.236. The average molecular weight is 182 g/mol. The van der Waals surface area contributed by atoms with Crippen molar-refractivity contribution in [3.05, 3.63) is 27.6 Å². The Bertz CT molecular complexity index is 478. The van der Waals surface area contributed by atoms with Crippen LogP contribution in [0.2, 0.25) is 0 Å². The number of aromatic nitrogens is 3. The molecule has 8 heteroatoms. The standard InChI is InChI=1S/C5H2N4O4/c10-8(11)3-1-4-5(6-2-3)9(12)13-7-4/h1-2H. The highest BCUT2D eigenvalue weighted by Crippen LogP contribution is 2.13. The molecule has 0 aliphatic carbocycles. The van der Waals surface area contributed by atoms with E-state index in [0.717, 1.165) is 12.3 Å². The van der Waals surface area contributed by atoms with Gasteiger partial charge in [0, 0.05) is 0 Å². The summed E-state index contributed by atoms with van der Waals surface area (Å²) in [7, 11) is 0. The quantitative estimate of drug-likeness (QED) is 0.342. The molecule has 0 aromatic carbocycles.